The van der Waals surface area contributed by atoms with Crippen molar-refractivity contribution in [3.63, 3.8) is 0 Å². The van der Waals surface area contributed by atoms with Crippen LogP contribution in [0.15, 0.2) is 78.9 Å². The van der Waals surface area contributed by atoms with Gasteiger partial charge >= 0.3 is 176 Å². The molecule has 0 bridgehead atoms. The number of halogens is 2. The van der Waals surface area contributed by atoms with Crippen molar-refractivity contribution in [2.45, 2.75) is 21.1 Å². The van der Waals surface area contributed by atoms with Crippen LogP contribution in [0.5, 0.6) is 0 Å². The first-order chi connectivity index (χ1) is 13.4. The first-order valence-corrected chi connectivity index (χ1v) is 20.4. The molecule has 2 aliphatic rings. The van der Waals surface area contributed by atoms with Crippen molar-refractivity contribution in [2.75, 3.05) is 0 Å². The molecule has 0 saturated heterocycles. The molecule has 0 fully saturated rings. The molecule has 0 aliphatic heterocycles. The quantitative estimate of drug-likeness (QED) is 0.349. The molecule has 28 heavy (non-hydrogen) atoms. The molecule has 3 aromatic carbocycles. The third kappa shape index (κ3) is 2.43. The van der Waals surface area contributed by atoms with Crippen LogP contribution in [0.4, 0.5) is 0 Å². The third-order valence-corrected chi connectivity index (χ3v) is 25.7. The van der Waals surface area contributed by atoms with Crippen LogP contribution in [0.2, 0.25) is 0 Å². The summed E-state index contributed by atoms with van der Waals surface area (Å²) in [5.41, 5.74) is 8.98. The Kier molecular flexibility index (Phi) is 4.26. The van der Waals surface area contributed by atoms with Gasteiger partial charge in [-0.25, -0.2) is 0 Å². The number of fused-ring (bicyclic) bond motifs is 4. The van der Waals surface area contributed by atoms with Gasteiger partial charge in [0, 0.05) is 0 Å². The van der Waals surface area contributed by atoms with E-state index < -0.39 is 15.9 Å². The average molecular weight is 485 g/mol. The zero-order valence-electron chi connectivity index (χ0n) is 16.0. The predicted octanol–water partition coefficient (Wildman–Crippen LogP) is 7.73. The van der Waals surface area contributed by atoms with E-state index in [0.29, 0.717) is 0 Å². The Balaban J connectivity index is 1.83. The van der Waals surface area contributed by atoms with E-state index in [1.807, 2.05) is 0 Å². The Hall–Kier alpha value is -1.27. The van der Waals surface area contributed by atoms with Gasteiger partial charge in [-0.15, -0.1) is 0 Å². The van der Waals surface area contributed by atoms with Crippen LogP contribution in [-0.2, 0) is 15.9 Å². The van der Waals surface area contributed by atoms with Gasteiger partial charge in [0.2, 0.25) is 0 Å². The summed E-state index contributed by atoms with van der Waals surface area (Å²) in [5, 5.41) is 0. The van der Waals surface area contributed by atoms with Crippen LogP contribution >= 0.6 is 17.0 Å². The Bertz CT molecular complexity index is 1170. The van der Waals surface area contributed by atoms with Crippen molar-refractivity contribution in [2.24, 2.45) is 0 Å². The maximum absolute atomic E-state index is 7.82. The van der Waals surface area contributed by atoms with E-state index in [4.69, 9.17) is 17.0 Å². The van der Waals surface area contributed by atoms with Gasteiger partial charge in [0.15, 0.2) is 0 Å². The van der Waals surface area contributed by atoms with Crippen molar-refractivity contribution in [1.82, 2.24) is 0 Å². The fourth-order valence-corrected chi connectivity index (χ4v) is 20.4. The van der Waals surface area contributed by atoms with E-state index in [1.54, 1.807) is 0 Å². The second-order valence-corrected chi connectivity index (χ2v) is 29.6. The van der Waals surface area contributed by atoms with E-state index in [-0.39, 0.29) is 7.25 Å². The van der Waals surface area contributed by atoms with Gasteiger partial charge in [-0.1, -0.05) is 0 Å². The second kappa shape index (κ2) is 6.36. The van der Waals surface area contributed by atoms with E-state index in [0.717, 1.165) is 0 Å². The Morgan fingerprint density at radius 2 is 1.18 bits per heavy atom. The van der Waals surface area contributed by atoms with Crippen molar-refractivity contribution in [3.8, 4) is 11.1 Å². The molecule has 0 heterocycles. The first-order valence-electron chi connectivity index (χ1n) is 9.79. The number of benzene rings is 3. The summed E-state index contributed by atoms with van der Waals surface area (Å²) < 4.78 is 2.35. The summed E-state index contributed by atoms with van der Waals surface area (Å²) >= 11 is -4.56. The summed E-state index contributed by atoms with van der Waals surface area (Å²) in [6.45, 7) is 4.26. The molecule has 3 aromatic rings. The molecule has 0 spiro atoms. The Morgan fingerprint density at radius 1 is 0.714 bits per heavy atom. The van der Waals surface area contributed by atoms with Crippen LogP contribution in [0.25, 0.3) is 16.7 Å². The zero-order chi connectivity index (χ0) is 19.5. The molecule has 0 saturated carbocycles. The third-order valence-electron chi connectivity index (χ3n) is 6.67. The standard InChI is InChI=1S/C13H9.C10H9.C2H4.2ClH.Zr/c1-3-7-12-10(5-1)9-11-6-2-4-8-13(11)12;1-8-6-7-9-4-2-3-5-10(8)9;1-2;;;/h1-9H;2-7H,1H3;1H,2H3;2*1H;/q;;;;;+2/p-2. The van der Waals surface area contributed by atoms with Gasteiger partial charge in [-0.3, -0.25) is 0 Å². The van der Waals surface area contributed by atoms with Gasteiger partial charge < -0.3 is 0 Å². The summed E-state index contributed by atoms with van der Waals surface area (Å²) in [6, 6.07) is 25.9. The van der Waals surface area contributed by atoms with Crippen molar-refractivity contribution >= 4 is 26.3 Å². The van der Waals surface area contributed by atoms with E-state index in [2.05, 4.69) is 96.4 Å². The molecule has 0 amide bonds. The minimum atomic E-state index is -4.56. The summed E-state index contributed by atoms with van der Waals surface area (Å²) in [6.07, 6.45) is 2.33. The topological polar surface area (TPSA) is 0 Å². The first kappa shape index (κ1) is 18.7. The number of allylic oxidation sites excluding steroid dienone is 2. The van der Waals surface area contributed by atoms with Crippen molar-refractivity contribution in [3.05, 3.63) is 101 Å². The molecule has 0 radical (unpaired) electrons. The van der Waals surface area contributed by atoms with Gasteiger partial charge in [0.25, 0.3) is 0 Å². The summed E-state index contributed by atoms with van der Waals surface area (Å²) in [5.74, 6) is 0. The van der Waals surface area contributed by atoms with Gasteiger partial charge in [-0.2, -0.15) is 0 Å². The van der Waals surface area contributed by atoms with Crippen LogP contribution < -0.4 is 0 Å². The molecule has 1 unspecified atom stereocenters. The maximum atomic E-state index is 7.82. The zero-order valence-corrected chi connectivity index (χ0v) is 20.0. The van der Waals surface area contributed by atoms with Gasteiger partial charge in [0.1, 0.15) is 0 Å². The molecule has 1 atom stereocenters. The van der Waals surface area contributed by atoms with Gasteiger partial charge in [0.05, 0.1) is 0 Å². The van der Waals surface area contributed by atoms with E-state index >= 15 is 0 Å². The molecule has 0 nitrogen and oxygen atoms in total. The van der Waals surface area contributed by atoms with Crippen LogP contribution in [0.3, 0.4) is 0 Å². The monoisotopic (exact) mass is 482 g/mol. The molecular formula is C25H22Cl2Zr. The fourth-order valence-electron chi connectivity index (χ4n) is 5.29. The Morgan fingerprint density at radius 3 is 1.71 bits per heavy atom. The SMILES string of the molecule is C[CH]=[Zr]([Cl])([Cl])([CH]1C=C(C)c2ccccc21)[CH]1c2ccccc2-c2ccccc21. The van der Waals surface area contributed by atoms with Crippen molar-refractivity contribution < 1.29 is 15.9 Å². The number of hydrogen-bond donors (Lipinski definition) is 0. The predicted molar refractivity (Wildman–Crippen MR) is 120 cm³/mol. The fraction of sp³-hybridized carbons (Fsp3) is 0.160. The molecular weight excluding hydrogens is 462 g/mol. The molecule has 0 N–H and O–H groups in total. The van der Waals surface area contributed by atoms with E-state index in [9.17, 15) is 0 Å². The summed E-state index contributed by atoms with van der Waals surface area (Å²) in [7, 11) is 15.6. The average Bonchev–Trinajstić information content (AvgIpc) is 3.25. The summed E-state index contributed by atoms with van der Waals surface area (Å²) in [4.78, 5) is 0. The number of rotatable bonds is 2. The molecule has 3 heteroatoms. The molecule has 2 aliphatic carbocycles. The normalized spacial score (nSPS) is 18.3. The van der Waals surface area contributed by atoms with Crippen LogP contribution in [0, 0.1) is 0 Å². The van der Waals surface area contributed by atoms with E-state index in [1.165, 1.54) is 39.0 Å². The minimum absolute atomic E-state index is 0.0578. The molecule has 5 rings (SSSR count). The number of hydrogen-bond acceptors (Lipinski definition) is 0. The van der Waals surface area contributed by atoms with Crippen LogP contribution in [0.1, 0.15) is 43.4 Å². The second-order valence-electron chi connectivity index (χ2n) is 8.04. The molecule has 140 valence electrons. The van der Waals surface area contributed by atoms with Gasteiger partial charge in [-0.05, 0) is 0 Å². The van der Waals surface area contributed by atoms with Crippen molar-refractivity contribution in [1.29, 1.82) is 0 Å². The molecule has 0 aromatic heterocycles. The Labute approximate surface area is 174 Å². The van der Waals surface area contributed by atoms with Crippen LogP contribution in [-0.4, -0.2) is 3.71 Å².